The maximum Gasteiger partial charge on any atom is 0.292 e. The maximum absolute atomic E-state index is 10.9. The Bertz CT molecular complexity index is 487. The highest BCUT2D eigenvalue weighted by Gasteiger charge is 2.17. The average molecular weight is 293 g/mol. The molecular formula is C15H23N3O3. The first kappa shape index (κ1) is 15.7. The van der Waals surface area contributed by atoms with E-state index in [0.717, 1.165) is 44.7 Å². The van der Waals surface area contributed by atoms with Crippen LogP contribution in [0.5, 0.6) is 0 Å². The van der Waals surface area contributed by atoms with E-state index < -0.39 is 0 Å². The van der Waals surface area contributed by atoms with Crippen molar-refractivity contribution in [3.63, 3.8) is 0 Å². The first-order valence-corrected chi connectivity index (χ1v) is 7.31. The van der Waals surface area contributed by atoms with E-state index in [0.29, 0.717) is 11.6 Å². The van der Waals surface area contributed by atoms with Gasteiger partial charge in [0.1, 0.15) is 5.69 Å². The highest BCUT2D eigenvalue weighted by Crippen LogP contribution is 2.25. The van der Waals surface area contributed by atoms with Gasteiger partial charge in [0.15, 0.2) is 0 Å². The fraction of sp³-hybridized carbons (Fsp3) is 0.600. The largest absolute Gasteiger partial charge is 0.383 e. The van der Waals surface area contributed by atoms with E-state index in [1.807, 2.05) is 12.1 Å². The van der Waals surface area contributed by atoms with E-state index in [1.165, 1.54) is 0 Å². The van der Waals surface area contributed by atoms with Gasteiger partial charge in [0.2, 0.25) is 0 Å². The van der Waals surface area contributed by atoms with Crippen molar-refractivity contribution in [1.29, 1.82) is 0 Å². The number of nitrogens with one attached hydrogen (secondary N) is 1. The van der Waals surface area contributed by atoms with Gasteiger partial charge in [0.25, 0.3) is 5.69 Å². The minimum Gasteiger partial charge on any atom is -0.383 e. The van der Waals surface area contributed by atoms with Gasteiger partial charge in [-0.1, -0.05) is 6.07 Å². The van der Waals surface area contributed by atoms with Gasteiger partial charge >= 0.3 is 0 Å². The summed E-state index contributed by atoms with van der Waals surface area (Å²) in [5, 5.41) is 13.8. The lowest BCUT2D eigenvalue weighted by Gasteiger charge is -2.27. The number of nitro groups is 1. The minimum atomic E-state index is -0.360. The Kier molecular flexibility index (Phi) is 5.52. The Labute approximate surface area is 125 Å². The van der Waals surface area contributed by atoms with E-state index in [2.05, 4.69) is 17.3 Å². The van der Waals surface area contributed by atoms with Crippen LogP contribution in [0.25, 0.3) is 0 Å². The summed E-state index contributed by atoms with van der Waals surface area (Å²) in [6.07, 6.45) is 2.23. The number of rotatable bonds is 6. The zero-order valence-corrected chi connectivity index (χ0v) is 12.7. The van der Waals surface area contributed by atoms with Gasteiger partial charge in [-0.25, -0.2) is 0 Å². The Morgan fingerprint density at radius 1 is 1.43 bits per heavy atom. The molecule has 0 radical (unpaired) electrons. The molecule has 1 N–H and O–H groups in total. The average Bonchev–Trinajstić information content (AvgIpc) is 2.47. The first-order chi connectivity index (χ1) is 10.1. The van der Waals surface area contributed by atoms with Gasteiger partial charge in [0.05, 0.1) is 4.92 Å². The molecule has 0 atom stereocenters. The fourth-order valence-corrected chi connectivity index (χ4v) is 2.79. The van der Waals surface area contributed by atoms with Crippen molar-refractivity contribution in [3.05, 3.63) is 33.9 Å². The molecule has 2 rings (SSSR count). The third-order valence-corrected chi connectivity index (χ3v) is 3.89. The lowest BCUT2D eigenvalue weighted by Crippen LogP contribution is -2.29. The Balaban J connectivity index is 1.96. The molecule has 1 aromatic rings. The molecule has 0 saturated carbocycles. The Hall–Kier alpha value is -1.66. The fourth-order valence-electron chi connectivity index (χ4n) is 2.79. The Morgan fingerprint density at radius 2 is 2.14 bits per heavy atom. The smallest absolute Gasteiger partial charge is 0.292 e. The van der Waals surface area contributed by atoms with E-state index in [-0.39, 0.29) is 10.6 Å². The van der Waals surface area contributed by atoms with Gasteiger partial charge in [-0.2, -0.15) is 0 Å². The van der Waals surface area contributed by atoms with Gasteiger partial charge in [-0.05, 0) is 37.4 Å². The van der Waals surface area contributed by atoms with Crippen LogP contribution >= 0.6 is 0 Å². The number of hydrogen-bond donors (Lipinski definition) is 1. The summed E-state index contributed by atoms with van der Waals surface area (Å²) in [5.74, 6) is 0.686. The quantitative estimate of drug-likeness (QED) is 0.644. The van der Waals surface area contributed by atoms with Crippen LogP contribution in [-0.4, -0.2) is 43.7 Å². The second-order valence-electron chi connectivity index (χ2n) is 5.61. The molecule has 0 aromatic heterocycles. The summed E-state index contributed by atoms with van der Waals surface area (Å²) in [7, 11) is 3.80. The van der Waals surface area contributed by atoms with Crippen molar-refractivity contribution < 1.29 is 9.66 Å². The summed E-state index contributed by atoms with van der Waals surface area (Å²) in [6.45, 7) is 3.55. The van der Waals surface area contributed by atoms with Crippen LogP contribution in [-0.2, 0) is 11.3 Å². The zero-order chi connectivity index (χ0) is 15.2. The first-order valence-electron chi connectivity index (χ1n) is 7.31. The highest BCUT2D eigenvalue weighted by atomic mass is 16.6. The lowest BCUT2D eigenvalue weighted by atomic mass is 9.99. The highest BCUT2D eigenvalue weighted by molar-refractivity contribution is 5.62. The number of nitrogens with zero attached hydrogens (tertiary/aromatic N) is 2. The number of anilines is 1. The topological polar surface area (TPSA) is 67.6 Å². The molecule has 0 bridgehead atoms. The molecule has 0 unspecified atom stereocenters. The molecule has 1 heterocycles. The summed E-state index contributed by atoms with van der Waals surface area (Å²) >= 11 is 0. The number of benzene rings is 1. The van der Waals surface area contributed by atoms with Crippen LogP contribution in [0.3, 0.4) is 0 Å². The summed E-state index contributed by atoms with van der Waals surface area (Å²) in [5.41, 5.74) is 1.77. The molecular weight excluding hydrogens is 270 g/mol. The van der Waals surface area contributed by atoms with Crippen molar-refractivity contribution in [1.82, 2.24) is 4.90 Å². The second kappa shape index (κ2) is 7.38. The minimum absolute atomic E-state index is 0.119. The lowest BCUT2D eigenvalue weighted by molar-refractivity contribution is -0.384. The predicted molar refractivity (Wildman–Crippen MR) is 82.5 cm³/mol. The molecule has 6 nitrogen and oxygen atoms in total. The monoisotopic (exact) mass is 293 g/mol. The molecule has 1 aliphatic rings. The van der Waals surface area contributed by atoms with Crippen molar-refractivity contribution in [2.75, 3.05) is 39.2 Å². The van der Waals surface area contributed by atoms with Gasteiger partial charge in [-0.15, -0.1) is 0 Å². The summed E-state index contributed by atoms with van der Waals surface area (Å²) in [6, 6.07) is 5.27. The molecule has 1 saturated heterocycles. The third-order valence-electron chi connectivity index (χ3n) is 3.89. The molecule has 1 aromatic carbocycles. The summed E-state index contributed by atoms with van der Waals surface area (Å²) in [4.78, 5) is 12.8. The number of ether oxygens (including phenoxy) is 1. The molecule has 1 fully saturated rings. The molecule has 0 aliphatic carbocycles. The molecule has 116 valence electrons. The van der Waals surface area contributed by atoms with E-state index >= 15 is 0 Å². The molecule has 0 amide bonds. The molecule has 0 spiro atoms. The zero-order valence-electron chi connectivity index (χ0n) is 12.7. The van der Waals surface area contributed by atoms with Gasteiger partial charge in [-0.3, -0.25) is 10.1 Å². The van der Waals surface area contributed by atoms with Crippen molar-refractivity contribution >= 4 is 11.4 Å². The second-order valence-corrected chi connectivity index (χ2v) is 5.61. The predicted octanol–water partition coefficient (Wildman–Crippen LogP) is 2.49. The maximum atomic E-state index is 10.9. The SMILES string of the molecule is CNc1cc(CN(C)CC2CCOCC2)ccc1[N+](=O)[O-]. The molecule has 1 aliphatic heterocycles. The van der Waals surface area contributed by atoms with Crippen LogP contribution in [0.2, 0.25) is 0 Å². The standard InChI is InChI=1S/C15H23N3O3/c1-16-14-9-13(3-4-15(14)18(19)20)11-17(2)10-12-5-7-21-8-6-12/h3-4,9,12,16H,5-8,10-11H2,1-2H3. The van der Waals surface area contributed by atoms with Crippen LogP contribution in [0, 0.1) is 16.0 Å². The summed E-state index contributed by atoms with van der Waals surface area (Å²) < 4.78 is 5.37. The van der Waals surface area contributed by atoms with Crippen molar-refractivity contribution in [3.8, 4) is 0 Å². The van der Waals surface area contributed by atoms with Gasteiger partial charge < -0.3 is 15.0 Å². The van der Waals surface area contributed by atoms with E-state index in [1.54, 1.807) is 13.1 Å². The van der Waals surface area contributed by atoms with Crippen LogP contribution < -0.4 is 5.32 Å². The van der Waals surface area contributed by atoms with Crippen LogP contribution in [0.1, 0.15) is 18.4 Å². The van der Waals surface area contributed by atoms with Crippen LogP contribution in [0.4, 0.5) is 11.4 Å². The van der Waals surface area contributed by atoms with Gasteiger partial charge in [0, 0.05) is 39.4 Å². The van der Waals surface area contributed by atoms with E-state index in [9.17, 15) is 10.1 Å². The Morgan fingerprint density at radius 3 is 2.76 bits per heavy atom. The van der Waals surface area contributed by atoms with Crippen molar-refractivity contribution in [2.24, 2.45) is 5.92 Å². The molecule has 6 heteroatoms. The van der Waals surface area contributed by atoms with E-state index in [4.69, 9.17) is 4.74 Å². The normalized spacial score (nSPS) is 16.1. The molecule has 21 heavy (non-hydrogen) atoms. The van der Waals surface area contributed by atoms with Crippen LogP contribution in [0.15, 0.2) is 18.2 Å². The number of nitro benzene ring substituents is 1. The third kappa shape index (κ3) is 4.41. The number of hydrogen-bond acceptors (Lipinski definition) is 5. The van der Waals surface area contributed by atoms with Crippen molar-refractivity contribution in [2.45, 2.75) is 19.4 Å².